The molecule has 188 valence electrons. The number of imide groups is 2. The van der Waals surface area contributed by atoms with Crippen molar-refractivity contribution in [2.75, 3.05) is 13.2 Å². The molecule has 2 aliphatic rings. The van der Waals surface area contributed by atoms with Crippen molar-refractivity contribution in [1.29, 1.82) is 0 Å². The molecule has 35 heavy (non-hydrogen) atoms. The Kier molecular flexibility index (Phi) is 8.76. The van der Waals surface area contributed by atoms with Gasteiger partial charge in [0, 0.05) is 36.6 Å². The molecule has 2 atom stereocenters. The first-order chi connectivity index (χ1) is 16.3. The number of amides is 4. The highest BCUT2D eigenvalue weighted by Gasteiger charge is 2.43. The molecule has 3 N–H and O–H groups in total. The number of carbonyl (C=O) groups is 3. The molecule has 9 nitrogen and oxygen atoms in total. The van der Waals surface area contributed by atoms with Crippen LogP contribution in [-0.4, -0.2) is 47.0 Å². The Balaban J connectivity index is 0.00000342. The molecule has 3 heterocycles. The van der Waals surface area contributed by atoms with Crippen molar-refractivity contribution >= 4 is 30.3 Å². The predicted octanol–water partition coefficient (Wildman–Crippen LogP) is 3.40. The summed E-state index contributed by atoms with van der Waals surface area (Å²) < 4.78 is 25.6. The topological polar surface area (TPSA) is 124 Å². The van der Waals surface area contributed by atoms with E-state index in [-0.39, 0.29) is 36.9 Å². The highest BCUT2D eigenvalue weighted by atomic mass is 35.5. The molecular weight excluding hydrogens is 479 g/mol. The standard InChI is InChI=1S/C24H27FN4O5.ClH/c1-14-2-3-17(13-27-14)34-16-4-6-20(25)19(12-16)21(26)7-5-18-22(30)28-24(32)29(23(18)31)15-8-10-33-11-9-15;/h2-4,6,12-13,15,18,21H,5,7-11,26H2,1H3,(H,28,30,32);1H. The molecule has 2 saturated heterocycles. The second kappa shape index (κ2) is 11.6. The highest BCUT2D eigenvalue weighted by molar-refractivity contribution is 6.16. The molecule has 4 amide bonds. The van der Waals surface area contributed by atoms with Crippen LogP contribution in [0, 0.1) is 18.7 Å². The van der Waals surface area contributed by atoms with Crippen molar-refractivity contribution in [2.45, 2.75) is 44.7 Å². The Morgan fingerprint density at radius 2 is 1.91 bits per heavy atom. The Hall–Kier alpha value is -3.08. The molecule has 0 spiro atoms. The molecule has 0 radical (unpaired) electrons. The number of hydrogen-bond donors (Lipinski definition) is 2. The van der Waals surface area contributed by atoms with Gasteiger partial charge in [0.15, 0.2) is 0 Å². The lowest BCUT2D eigenvalue weighted by atomic mass is 9.92. The molecular formula is C24H28ClFN4O5. The van der Waals surface area contributed by atoms with Gasteiger partial charge in [0.1, 0.15) is 23.2 Å². The Bertz CT molecular complexity index is 1080. The van der Waals surface area contributed by atoms with E-state index in [1.165, 1.54) is 18.2 Å². The summed E-state index contributed by atoms with van der Waals surface area (Å²) in [6.07, 6.45) is 2.84. The fraction of sp³-hybridized carbons (Fsp3) is 0.417. The maximum atomic E-state index is 14.5. The molecule has 2 fully saturated rings. The number of benzene rings is 1. The SMILES string of the molecule is Cc1ccc(Oc2ccc(F)c(C(N)CCC3C(=O)NC(=O)N(C4CCOCC4)C3=O)c2)cn1.Cl. The van der Waals surface area contributed by atoms with Crippen molar-refractivity contribution < 1.29 is 28.2 Å². The number of aryl methyl sites for hydroxylation is 1. The van der Waals surface area contributed by atoms with Crippen molar-refractivity contribution in [2.24, 2.45) is 11.7 Å². The minimum atomic E-state index is -1.06. The van der Waals surface area contributed by atoms with E-state index in [0.717, 1.165) is 10.6 Å². The highest BCUT2D eigenvalue weighted by Crippen LogP contribution is 2.30. The number of carbonyl (C=O) groups excluding carboxylic acids is 3. The fourth-order valence-electron chi connectivity index (χ4n) is 4.20. The minimum absolute atomic E-state index is 0. The van der Waals surface area contributed by atoms with Crippen LogP contribution in [0.3, 0.4) is 0 Å². The zero-order valence-electron chi connectivity index (χ0n) is 19.2. The second-order valence-corrected chi connectivity index (χ2v) is 8.50. The fourth-order valence-corrected chi connectivity index (χ4v) is 4.20. The lowest BCUT2D eigenvalue weighted by Crippen LogP contribution is -2.61. The third kappa shape index (κ3) is 6.14. The molecule has 0 bridgehead atoms. The van der Waals surface area contributed by atoms with Crippen molar-refractivity contribution in [3.63, 3.8) is 0 Å². The van der Waals surface area contributed by atoms with E-state index in [1.54, 1.807) is 18.3 Å². The Labute approximate surface area is 208 Å². The lowest BCUT2D eigenvalue weighted by Gasteiger charge is -2.37. The van der Waals surface area contributed by atoms with Crippen LogP contribution in [0.4, 0.5) is 9.18 Å². The number of pyridine rings is 1. The van der Waals surface area contributed by atoms with Gasteiger partial charge in [-0.05, 0) is 62.9 Å². The number of rotatable bonds is 7. The average molecular weight is 507 g/mol. The van der Waals surface area contributed by atoms with Crippen LogP contribution in [0.15, 0.2) is 36.5 Å². The first-order valence-corrected chi connectivity index (χ1v) is 11.2. The minimum Gasteiger partial charge on any atom is -0.456 e. The number of ether oxygens (including phenoxy) is 2. The van der Waals surface area contributed by atoms with Gasteiger partial charge >= 0.3 is 6.03 Å². The number of nitrogens with two attached hydrogens (primary N) is 1. The van der Waals surface area contributed by atoms with Crippen molar-refractivity contribution in [3.8, 4) is 11.5 Å². The van der Waals surface area contributed by atoms with E-state index in [9.17, 15) is 18.8 Å². The van der Waals surface area contributed by atoms with Crippen LogP contribution >= 0.6 is 12.4 Å². The van der Waals surface area contributed by atoms with E-state index < -0.39 is 35.6 Å². The molecule has 4 rings (SSSR count). The number of halogens is 2. The summed E-state index contributed by atoms with van der Waals surface area (Å²) in [5.74, 6) is -1.89. The molecule has 2 aliphatic heterocycles. The van der Waals surface area contributed by atoms with Gasteiger partial charge in [-0.1, -0.05) is 0 Å². The molecule has 2 unspecified atom stereocenters. The first-order valence-electron chi connectivity index (χ1n) is 11.2. The van der Waals surface area contributed by atoms with Crippen LogP contribution in [0.1, 0.15) is 43.0 Å². The molecule has 1 aromatic carbocycles. The van der Waals surface area contributed by atoms with Crippen LogP contribution in [0.2, 0.25) is 0 Å². The number of barbiturate groups is 1. The van der Waals surface area contributed by atoms with Crippen LogP contribution in [0.5, 0.6) is 11.5 Å². The largest absolute Gasteiger partial charge is 0.456 e. The normalized spacial score (nSPS) is 19.7. The number of nitrogens with one attached hydrogen (secondary N) is 1. The smallest absolute Gasteiger partial charge is 0.331 e. The number of nitrogens with zero attached hydrogens (tertiary/aromatic N) is 2. The summed E-state index contributed by atoms with van der Waals surface area (Å²) in [5.41, 5.74) is 7.29. The van der Waals surface area contributed by atoms with Gasteiger partial charge in [0.05, 0.1) is 6.20 Å². The summed E-state index contributed by atoms with van der Waals surface area (Å²) in [6.45, 7) is 2.75. The van der Waals surface area contributed by atoms with E-state index in [2.05, 4.69) is 10.3 Å². The van der Waals surface area contributed by atoms with Gasteiger partial charge in [-0.3, -0.25) is 24.8 Å². The Morgan fingerprint density at radius 3 is 2.60 bits per heavy atom. The molecule has 0 aliphatic carbocycles. The number of urea groups is 1. The van der Waals surface area contributed by atoms with Gasteiger partial charge in [0.25, 0.3) is 0 Å². The Morgan fingerprint density at radius 1 is 1.20 bits per heavy atom. The first kappa shape index (κ1) is 26.5. The van der Waals surface area contributed by atoms with Gasteiger partial charge < -0.3 is 15.2 Å². The van der Waals surface area contributed by atoms with Crippen LogP contribution in [-0.2, 0) is 14.3 Å². The lowest BCUT2D eigenvalue weighted by molar-refractivity contribution is -0.145. The number of hydrogen-bond acceptors (Lipinski definition) is 7. The average Bonchev–Trinajstić information content (AvgIpc) is 2.82. The van der Waals surface area contributed by atoms with Crippen LogP contribution < -0.4 is 15.8 Å². The zero-order valence-corrected chi connectivity index (χ0v) is 20.1. The van der Waals surface area contributed by atoms with Crippen molar-refractivity contribution in [1.82, 2.24) is 15.2 Å². The second-order valence-electron chi connectivity index (χ2n) is 8.50. The van der Waals surface area contributed by atoms with Gasteiger partial charge in [0.2, 0.25) is 11.8 Å². The van der Waals surface area contributed by atoms with Crippen LogP contribution in [0.25, 0.3) is 0 Å². The molecule has 11 heteroatoms. The zero-order chi connectivity index (χ0) is 24.2. The van der Waals surface area contributed by atoms with E-state index in [1.807, 2.05) is 6.92 Å². The predicted molar refractivity (Wildman–Crippen MR) is 127 cm³/mol. The molecule has 0 saturated carbocycles. The summed E-state index contributed by atoms with van der Waals surface area (Å²) in [5, 5.41) is 2.27. The summed E-state index contributed by atoms with van der Waals surface area (Å²) in [6, 6.07) is 6.00. The summed E-state index contributed by atoms with van der Waals surface area (Å²) in [4.78, 5) is 43.0. The van der Waals surface area contributed by atoms with E-state index >= 15 is 0 Å². The van der Waals surface area contributed by atoms with Gasteiger partial charge in [-0.2, -0.15) is 0 Å². The van der Waals surface area contributed by atoms with Gasteiger partial charge in [-0.15, -0.1) is 12.4 Å². The third-order valence-corrected chi connectivity index (χ3v) is 6.11. The maximum absolute atomic E-state index is 14.5. The third-order valence-electron chi connectivity index (χ3n) is 6.11. The van der Waals surface area contributed by atoms with Crippen molar-refractivity contribution in [3.05, 3.63) is 53.6 Å². The summed E-state index contributed by atoms with van der Waals surface area (Å²) >= 11 is 0. The number of aromatic nitrogens is 1. The van der Waals surface area contributed by atoms with E-state index in [4.69, 9.17) is 15.2 Å². The molecule has 1 aromatic heterocycles. The quantitative estimate of drug-likeness (QED) is 0.551. The van der Waals surface area contributed by atoms with E-state index in [0.29, 0.717) is 37.6 Å². The summed E-state index contributed by atoms with van der Waals surface area (Å²) in [7, 11) is 0. The molecule has 2 aromatic rings. The van der Waals surface area contributed by atoms with Gasteiger partial charge in [-0.25, -0.2) is 9.18 Å². The monoisotopic (exact) mass is 506 g/mol. The maximum Gasteiger partial charge on any atom is 0.331 e.